The van der Waals surface area contributed by atoms with Crippen LogP contribution in [0.4, 0.5) is 5.69 Å². The normalized spacial score (nSPS) is 20.1. The smallest absolute Gasteiger partial charge is 0.140 e. The van der Waals surface area contributed by atoms with E-state index in [4.69, 9.17) is 5.26 Å². The van der Waals surface area contributed by atoms with Crippen molar-refractivity contribution in [2.24, 2.45) is 11.8 Å². The van der Waals surface area contributed by atoms with Crippen LogP contribution in [0, 0.1) is 23.2 Å². The SMILES string of the molecule is CC(C)C1CCN(c2ccc(C#N)nc2)C1. The summed E-state index contributed by atoms with van der Waals surface area (Å²) in [6.45, 7) is 6.79. The highest BCUT2D eigenvalue weighted by molar-refractivity contribution is 5.46. The summed E-state index contributed by atoms with van der Waals surface area (Å²) in [7, 11) is 0. The highest BCUT2D eigenvalue weighted by Gasteiger charge is 2.24. The number of aromatic nitrogens is 1. The molecule has 0 N–H and O–H groups in total. The maximum absolute atomic E-state index is 8.68. The Morgan fingerprint density at radius 3 is 2.81 bits per heavy atom. The molecular weight excluding hydrogens is 198 g/mol. The second-order valence-electron chi connectivity index (χ2n) is 4.75. The molecule has 1 unspecified atom stereocenters. The molecule has 0 aromatic carbocycles. The Hall–Kier alpha value is -1.56. The quantitative estimate of drug-likeness (QED) is 0.760. The van der Waals surface area contributed by atoms with Crippen molar-refractivity contribution >= 4 is 5.69 Å². The molecule has 1 aromatic rings. The minimum Gasteiger partial charge on any atom is -0.370 e. The van der Waals surface area contributed by atoms with Gasteiger partial charge < -0.3 is 4.90 Å². The predicted molar refractivity (Wildman–Crippen MR) is 64.1 cm³/mol. The van der Waals surface area contributed by atoms with Gasteiger partial charge in [-0.3, -0.25) is 0 Å². The highest BCUT2D eigenvalue weighted by Crippen LogP contribution is 2.27. The molecule has 1 atom stereocenters. The van der Waals surface area contributed by atoms with Crippen molar-refractivity contribution < 1.29 is 0 Å². The zero-order valence-corrected chi connectivity index (χ0v) is 9.85. The fourth-order valence-corrected chi connectivity index (χ4v) is 2.21. The maximum Gasteiger partial charge on any atom is 0.140 e. The Labute approximate surface area is 96.7 Å². The first-order valence-corrected chi connectivity index (χ1v) is 5.82. The topological polar surface area (TPSA) is 39.9 Å². The molecule has 0 amide bonds. The lowest BCUT2D eigenvalue weighted by Crippen LogP contribution is -2.21. The summed E-state index contributed by atoms with van der Waals surface area (Å²) in [5.74, 6) is 1.53. The van der Waals surface area contributed by atoms with E-state index in [2.05, 4.69) is 23.7 Å². The molecule has 3 heteroatoms. The third kappa shape index (κ3) is 2.16. The van der Waals surface area contributed by atoms with E-state index < -0.39 is 0 Å². The first-order valence-electron chi connectivity index (χ1n) is 5.82. The van der Waals surface area contributed by atoms with Crippen LogP contribution in [0.25, 0.3) is 0 Å². The van der Waals surface area contributed by atoms with E-state index in [0.29, 0.717) is 5.69 Å². The van der Waals surface area contributed by atoms with Gasteiger partial charge >= 0.3 is 0 Å². The zero-order chi connectivity index (χ0) is 11.5. The standard InChI is InChI=1S/C13H17N3/c1-10(2)11-5-6-16(9-11)13-4-3-12(7-14)15-8-13/h3-4,8,10-11H,5-6,9H2,1-2H3. The molecule has 0 saturated carbocycles. The number of hydrogen-bond donors (Lipinski definition) is 0. The van der Waals surface area contributed by atoms with Gasteiger partial charge in [-0.15, -0.1) is 0 Å². The molecular formula is C13H17N3. The van der Waals surface area contributed by atoms with Gasteiger partial charge in [0.2, 0.25) is 0 Å². The van der Waals surface area contributed by atoms with E-state index >= 15 is 0 Å². The van der Waals surface area contributed by atoms with Gasteiger partial charge in [0.15, 0.2) is 0 Å². The lowest BCUT2D eigenvalue weighted by molar-refractivity contribution is 0.423. The summed E-state index contributed by atoms with van der Waals surface area (Å²) in [4.78, 5) is 6.47. The van der Waals surface area contributed by atoms with Gasteiger partial charge in [-0.2, -0.15) is 5.26 Å². The Kier molecular flexibility index (Phi) is 3.09. The van der Waals surface area contributed by atoms with Gasteiger partial charge in [-0.25, -0.2) is 4.98 Å². The number of rotatable bonds is 2. The summed E-state index contributed by atoms with van der Waals surface area (Å²) in [5.41, 5.74) is 1.63. The van der Waals surface area contributed by atoms with E-state index in [9.17, 15) is 0 Å². The van der Waals surface area contributed by atoms with Crippen LogP contribution >= 0.6 is 0 Å². The third-order valence-corrected chi connectivity index (χ3v) is 3.40. The molecule has 84 valence electrons. The molecule has 0 aliphatic carbocycles. The molecule has 1 aliphatic heterocycles. The van der Waals surface area contributed by atoms with Crippen molar-refractivity contribution in [2.45, 2.75) is 20.3 Å². The van der Waals surface area contributed by atoms with Crippen LogP contribution in [-0.4, -0.2) is 18.1 Å². The summed E-state index contributed by atoms with van der Waals surface area (Å²) >= 11 is 0. The number of anilines is 1. The predicted octanol–water partition coefficient (Wildman–Crippen LogP) is 2.44. The maximum atomic E-state index is 8.68. The van der Waals surface area contributed by atoms with Crippen molar-refractivity contribution in [3.63, 3.8) is 0 Å². The molecule has 16 heavy (non-hydrogen) atoms. The second-order valence-corrected chi connectivity index (χ2v) is 4.75. The largest absolute Gasteiger partial charge is 0.370 e. The van der Waals surface area contributed by atoms with Crippen molar-refractivity contribution in [3.05, 3.63) is 24.0 Å². The van der Waals surface area contributed by atoms with Crippen LogP contribution in [-0.2, 0) is 0 Å². The van der Waals surface area contributed by atoms with Crippen molar-refractivity contribution in [3.8, 4) is 6.07 Å². The van der Waals surface area contributed by atoms with Gasteiger partial charge in [0.1, 0.15) is 11.8 Å². The van der Waals surface area contributed by atoms with Crippen LogP contribution < -0.4 is 4.90 Å². The summed E-state index contributed by atoms with van der Waals surface area (Å²) < 4.78 is 0. The second kappa shape index (κ2) is 4.52. The van der Waals surface area contributed by atoms with Crippen LogP contribution in [0.2, 0.25) is 0 Å². The Morgan fingerprint density at radius 1 is 1.50 bits per heavy atom. The molecule has 3 nitrogen and oxygen atoms in total. The van der Waals surface area contributed by atoms with Crippen molar-refractivity contribution in [2.75, 3.05) is 18.0 Å². The van der Waals surface area contributed by atoms with E-state index in [-0.39, 0.29) is 0 Å². The average Bonchev–Trinajstić information content (AvgIpc) is 2.78. The minimum atomic E-state index is 0.489. The fourth-order valence-electron chi connectivity index (χ4n) is 2.21. The van der Waals surface area contributed by atoms with Gasteiger partial charge in [0.05, 0.1) is 11.9 Å². The average molecular weight is 215 g/mol. The lowest BCUT2D eigenvalue weighted by Gasteiger charge is -2.19. The summed E-state index contributed by atoms with van der Waals surface area (Å²) in [6, 6.07) is 5.83. The third-order valence-electron chi connectivity index (χ3n) is 3.40. The minimum absolute atomic E-state index is 0.489. The molecule has 1 aliphatic rings. The number of nitrogens with zero attached hydrogens (tertiary/aromatic N) is 3. The van der Waals surface area contributed by atoms with Gasteiger partial charge in [0, 0.05) is 13.1 Å². The van der Waals surface area contributed by atoms with Gasteiger partial charge in [-0.1, -0.05) is 13.8 Å². The Balaban J connectivity index is 2.06. The van der Waals surface area contributed by atoms with E-state index in [1.54, 1.807) is 12.3 Å². The fraction of sp³-hybridized carbons (Fsp3) is 0.538. The van der Waals surface area contributed by atoms with E-state index in [0.717, 1.165) is 30.6 Å². The molecule has 2 rings (SSSR count). The van der Waals surface area contributed by atoms with Crippen LogP contribution in [0.5, 0.6) is 0 Å². The Morgan fingerprint density at radius 2 is 2.31 bits per heavy atom. The van der Waals surface area contributed by atoms with E-state index in [1.165, 1.54) is 6.42 Å². The molecule has 0 radical (unpaired) electrons. The highest BCUT2D eigenvalue weighted by atomic mass is 15.2. The van der Waals surface area contributed by atoms with Crippen molar-refractivity contribution in [1.82, 2.24) is 4.98 Å². The van der Waals surface area contributed by atoms with Gasteiger partial charge in [-0.05, 0) is 30.4 Å². The van der Waals surface area contributed by atoms with Crippen LogP contribution in [0.1, 0.15) is 26.0 Å². The molecule has 0 bridgehead atoms. The van der Waals surface area contributed by atoms with Crippen LogP contribution in [0.3, 0.4) is 0 Å². The zero-order valence-electron chi connectivity index (χ0n) is 9.85. The summed E-state index contributed by atoms with van der Waals surface area (Å²) in [6.07, 6.45) is 3.07. The van der Waals surface area contributed by atoms with Gasteiger partial charge in [0.25, 0.3) is 0 Å². The molecule has 2 heterocycles. The monoisotopic (exact) mass is 215 g/mol. The first kappa shape index (κ1) is 10.9. The lowest BCUT2D eigenvalue weighted by atomic mass is 9.95. The summed E-state index contributed by atoms with van der Waals surface area (Å²) in [5, 5.41) is 8.68. The molecule has 1 aromatic heterocycles. The molecule has 1 saturated heterocycles. The van der Waals surface area contributed by atoms with E-state index in [1.807, 2.05) is 12.1 Å². The molecule has 1 fully saturated rings. The number of hydrogen-bond acceptors (Lipinski definition) is 3. The number of nitriles is 1. The van der Waals surface area contributed by atoms with Crippen molar-refractivity contribution in [1.29, 1.82) is 5.26 Å². The number of pyridine rings is 1. The molecule has 0 spiro atoms. The van der Waals surface area contributed by atoms with Crippen LogP contribution in [0.15, 0.2) is 18.3 Å². The Bertz CT molecular complexity index is 389. The first-order chi connectivity index (χ1) is 7.70.